The van der Waals surface area contributed by atoms with Crippen molar-refractivity contribution in [2.24, 2.45) is 5.41 Å². The van der Waals surface area contributed by atoms with Crippen molar-refractivity contribution in [3.8, 4) is 0 Å². The molecule has 0 fully saturated rings. The van der Waals surface area contributed by atoms with Gasteiger partial charge in [0.25, 0.3) is 0 Å². The van der Waals surface area contributed by atoms with Crippen LogP contribution in [0.3, 0.4) is 0 Å². The summed E-state index contributed by atoms with van der Waals surface area (Å²) in [5, 5.41) is 14.1. The zero-order valence-electron chi connectivity index (χ0n) is 9.58. The largest absolute Gasteiger partial charge is 0.379 e. The topological polar surface area (TPSA) is 55.2 Å². The molecule has 0 aliphatic rings. The molecule has 0 saturated carbocycles. The molecule has 0 aromatic heterocycles. The fourth-order valence-electron chi connectivity index (χ4n) is 1.20. The summed E-state index contributed by atoms with van der Waals surface area (Å²) in [6.07, 6.45) is 0. The third-order valence-electron chi connectivity index (χ3n) is 1.98. The number of benzene rings is 1. The van der Waals surface area contributed by atoms with Gasteiger partial charge in [-0.05, 0) is 17.5 Å². The van der Waals surface area contributed by atoms with Crippen molar-refractivity contribution in [1.82, 2.24) is 0 Å². The van der Waals surface area contributed by atoms with Gasteiger partial charge in [-0.2, -0.15) is 0 Å². The van der Waals surface area contributed by atoms with E-state index in [1.54, 1.807) is 12.1 Å². The average Bonchev–Trinajstić information content (AvgIpc) is 2.12. The number of hydrogen-bond acceptors (Lipinski definition) is 3. The molecule has 16 heavy (non-hydrogen) atoms. The number of rotatable bonds is 3. The first-order valence-electron chi connectivity index (χ1n) is 4.98. The SMILES string of the molecule is CC(C)(C)CNc1cccc(Cl)c1[N+](=O)[O-]. The minimum Gasteiger partial charge on any atom is -0.379 e. The molecule has 4 nitrogen and oxygen atoms in total. The van der Waals surface area contributed by atoms with Gasteiger partial charge in [0.15, 0.2) is 0 Å². The number of anilines is 1. The van der Waals surface area contributed by atoms with Crippen LogP contribution in [0.15, 0.2) is 18.2 Å². The number of nitro benzene ring substituents is 1. The van der Waals surface area contributed by atoms with Crippen LogP contribution in [0.5, 0.6) is 0 Å². The van der Waals surface area contributed by atoms with E-state index >= 15 is 0 Å². The van der Waals surface area contributed by atoms with Crippen LogP contribution in [0, 0.1) is 15.5 Å². The van der Waals surface area contributed by atoms with Crippen LogP contribution in [0.4, 0.5) is 11.4 Å². The third kappa shape index (κ3) is 3.38. The van der Waals surface area contributed by atoms with Gasteiger partial charge >= 0.3 is 5.69 Å². The second-order valence-electron chi connectivity index (χ2n) is 4.81. The molecule has 88 valence electrons. The number of nitro groups is 1. The molecular weight excluding hydrogens is 228 g/mol. The van der Waals surface area contributed by atoms with E-state index in [4.69, 9.17) is 11.6 Å². The molecule has 0 amide bonds. The molecule has 1 N–H and O–H groups in total. The van der Waals surface area contributed by atoms with E-state index in [9.17, 15) is 10.1 Å². The van der Waals surface area contributed by atoms with Crippen LogP contribution < -0.4 is 5.32 Å². The molecule has 1 rings (SSSR count). The van der Waals surface area contributed by atoms with E-state index in [2.05, 4.69) is 26.1 Å². The summed E-state index contributed by atoms with van der Waals surface area (Å²) >= 11 is 5.79. The molecule has 0 heterocycles. The maximum absolute atomic E-state index is 10.8. The third-order valence-corrected chi connectivity index (χ3v) is 2.28. The summed E-state index contributed by atoms with van der Waals surface area (Å²) in [5.74, 6) is 0. The first-order chi connectivity index (χ1) is 7.31. The Morgan fingerprint density at radius 2 is 2.06 bits per heavy atom. The van der Waals surface area contributed by atoms with Crippen LogP contribution >= 0.6 is 11.6 Å². The van der Waals surface area contributed by atoms with Gasteiger partial charge in [0.2, 0.25) is 0 Å². The first-order valence-corrected chi connectivity index (χ1v) is 5.36. The lowest BCUT2D eigenvalue weighted by Gasteiger charge is -2.19. The highest BCUT2D eigenvalue weighted by Gasteiger charge is 2.19. The molecule has 0 aliphatic heterocycles. The number of nitrogens with one attached hydrogen (secondary N) is 1. The predicted molar refractivity (Wildman–Crippen MR) is 66.1 cm³/mol. The lowest BCUT2D eigenvalue weighted by molar-refractivity contribution is -0.383. The predicted octanol–water partition coefficient (Wildman–Crippen LogP) is 3.71. The van der Waals surface area contributed by atoms with E-state index < -0.39 is 4.92 Å². The van der Waals surface area contributed by atoms with Crippen molar-refractivity contribution in [1.29, 1.82) is 0 Å². The van der Waals surface area contributed by atoms with Gasteiger partial charge < -0.3 is 5.32 Å². The Labute approximate surface area is 99.8 Å². The maximum Gasteiger partial charge on any atom is 0.310 e. The highest BCUT2D eigenvalue weighted by molar-refractivity contribution is 6.33. The van der Waals surface area contributed by atoms with Crippen molar-refractivity contribution in [2.45, 2.75) is 20.8 Å². The first kappa shape index (κ1) is 12.8. The summed E-state index contributed by atoms with van der Waals surface area (Å²) in [6, 6.07) is 4.87. The second kappa shape index (κ2) is 4.70. The maximum atomic E-state index is 10.8. The van der Waals surface area contributed by atoms with Gasteiger partial charge in [0, 0.05) is 6.54 Å². The molecule has 0 bridgehead atoms. The highest BCUT2D eigenvalue weighted by Crippen LogP contribution is 2.32. The monoisotopic (exact) mass is 242 g/mol. The second-order valence-corrected chi connectivity index (χ2v) is 5.21. The smallest absolute Gasteiger partial charge is 0.310 e. The zero-order chi connectivity index (χ0) is 12.3. The fourth-order valence-corrected chi connectivity index (χ4v) is 1.45. The van der Waals surface area contributed by atoms with Crippen molar-refractivity contribution in [3.05, 3.63) is 33.3 Å². The quantitative estimate of drug-likeness (QED) is 0.649. The lowest BCUT2D eigenvalue weighted by Crippen LogP contribution is -2.19. The van der Waals surface area contributed by atoms with Gasteiger partial charge in [-0.1, -0.05) is 38.4 Å². The summed E-state index contributed by atoms with van der Waals surface area (Å²) in [5.41, 5.74) is 0.455. The minimum atomic E-state index is -0.465. The number of hydrogen-bond donors (Lipinski definition) is 1. The fraction of sp³-hybridized carbons (Fsp3) is 0.455. The summed E-state index contributed by atoms with van der Waals surface area (Å²) < 4.78 is 0. The van der Waals surface area contributed by atoms with Crippen molar-refractivity contribution in [3.63, 3.8) is 0 Å². The van der Waals surface area contributed by atoms with Crippen LogP contribution in [0.2, 0.25) is 5.02 Å². The molecule has 5 heteroatoms. The van der Waals surface area contributed by atoms with Crippen LogP contribution in [-0.2, 0) is 0 Å². The molecule has 1 aromatic rings. The van der Waals surface area contributed by atoms with Crippen LogP contribution in [-0.4, -0.2) is 11.5 Å². The van der Waals surface area contributed by atoms with Gasteiger partial charge in [0.05, 0.1) is 4.92 Å². The van der Waals surface area contributed by atoms with Gasteiger partial charge in [-0.3, -0.25) is 10.1 Å². The van der Waals surface area contributed by atoms with Gasteiger partial charge in [-0.15, -0.1) is 0 Å². The Hall–Kier alpha value is -1.29. The molecule has 0 unspecified atom stereocenters. The summed E-state index contributed by atoms with van der Waals surface area (Å²) in [7, 11) is 0. The molecule has 0 atom stereocenters. The van der Waals surface area contributed by atoms with Crippen molar-refractivity contribution in [2.75, 3.05) is 11.9 Å². The Bertz CT molecular complexity index is 399. The number of para-hydroxylation sites is 1. The van der Waals surface area contributed by atoms with Gasteiger partial charge in [0.1, 0.15) is 10.7 Å². The lowest BCUT2D eigenvalue weighted by atomic mass is 9.97. The molecule has 0 radical (unpaired) electrons. The van der Waals surface area contributed by atoms with Crippen LogP contribution in [0.1, 0.15) is 20.8 Å². The molecule has 1 aromatic carbocycles. The Kier molecular flexibility index (Phi) is 3.75. The molecule has 0 aliphatic carbocycles. The Morgan fingerprint density at radius 3 is 2.56 bits per heavy atom. The minimum absolute atomic E-state index is 0.0518. The molecule has 0 saturated heterocycles. The van der Waals surface area contributed by atoms with E-state index in [0.29, 0.717) is 12.2 Å². The zero-order valence-corrected chi connectivity index (χ0v) is 10.3. The number of nitrogens with zero attached hydrogens (tertiary/aromatic N) is 1. The highest BCUT2D eigenvalue weighted by atomic mass is 35.5. The van der Waals surface area contributed by atoms with E-state index in [1.165, 1.54) is 6.07 Å². The van der Waals surface area contributed by atoms with Gasteiger partial charge in [-0.25, -0.2) is 0 Å². The average molecular weight is 243 g/mol. The van der Waals surface area contributed by atoms with Crippen molar-refractivity contribution < 1.29 is 4.92 Å². The van der Waals surface area contributed by atoms with E-state index in [0.717, 1.165) is 0 Å². The van der Waals surface area contributed by atoms with Crippen LogP contribution in [0.25, 0.3) is 0 Å². The summed E-state index contributed by atoms with van der Waals surface area (Å²) in [6.45, 7) is 6.80. The molecule has 0 spiro atoms. The van der Waals surface area contributed by atoms with Crippen molar-refractivity contribution >= 4 is 23.0 Å². The summed E-state index contributed by atoms with van der Waals surface area (Å²) in [4.78, 5) is 10.4. The van der Waals surface area contributed by atoms with E-state index in [-0.39, 0.29) is 16.1 Å². The standard InChI is InChI=1S/C11H15ClN2O2/c1-11(2,3)7-13-9-6-4-5-8(12)10(9)14(15)16/h4-6,13H,7H2,1-3H3. The normalized spacial score (nSPS) is 11.2. The molecular formula is C11H15ClN2O2. The Balaban J connectivity index is 2.96. The Morgan fingerprint density at radius 1 is 1.44 bits per heavy atom. The number of halogens is 1. The van der Waals surface area contributed by atoms with E-state index in [1.807, 2.05) is 0 Å².